The average molecular weight is 556 g/mol. The third kappa shape index (κ3) is 3.84. The smallest absolute Gasteiger partial charge is 0.0727 e. The van der Waals surface area contributed by atoms with Crippen LogP contribution >= 0.6 is 0 Å². The molecule has 0 heterocycles. The molecule has 0 aliphatic heterocycles. The first-order valence-corrected chi connectivity index (χ1v) is 14.6. The van der Waals surface area contributed by atoms with Gasteiger partial charge in [0.25, 0.3) is 0 Å². The summed E-state index contributed by atoms with van der Waals surface area (Å²) in [6.45, 7) is 0. The van der Waals surface area contributed by atoms with Crippen LogP contribution in [0.25, 0.3) is 43.1 Å². The topological polar surface area (TPSA) is 59.0 Å². The zero-order valence-electron chi connectivity index (χ0n) is 24.8. The monoisotopic (exact) mass is 555 g/mol. The van der Waals surface area contributed by atoms with Gasteiger partial charge < -0.3 is 25.3 Å². The maximum absolute atomic E-state index is 11.9. The fourth-order valence-corrected chi connectivity index (χ4v) is 7.30. The zero-order chi connectivity index (χ0) is 29.3. The van der Waals surface area contributed by atoms with E-state index in [0.29, 0.717) is 0 Å². The van der Waals surface area contributed by atoms with E-state index in [1.807, 2.05) is 7.05 Å². The average Bonchev–Trinajstić information content (AvgIpc) is 2.99. The van der Waals surface area contributed by atoms with Crippen molar-refractivity contribution in [3.05, 3.63) is 102 Å². The van der Waals surface area contributed by atoms with Crippen LogP contribution < -0.4 is 15.1 Å². The number of hydrogen-bond acceptors (Lipinski definition) is 5. The van der Waals surface area contributed by atoms with Crippen LogP contribution in [0.5, 0.6) is 0 Å². The van der Waals surface area contributed by atoms with Gasteiger partial charge in [0, 0.05) is 74.6 Å². The second-order valence-electron chi connectivity index (χ2n) is 12.1. The summed E-state index contributed by atoms with van der Waals surface area (Å²) >= 11 is 0. The Labute approximate surface area is 246 Å². The molecule has 1 fully saturated rings. The highest BCUT2D eigenvalue weighted by Crippen LogP contribution is 2.53. The Morgan fingerprint density at radius 3 is 1.74 bits per heavy atom. The predicted molar refractivity (Wildman–Crippen MR) is 179 cm³/mol. The third-order valence-electron chi connectivity index (χ3n) is 9.31. The second-order valence-corrected chi connectivity index (χ2v) is 12.1. The van der Waals surface area contributed by atoms with Gasteiger partial charge in [-0.3, -0.25) is 0 Å². The van der Waals surface area contributed by atoms with Gasteiger partial charge in [-0.25, -0.2) is 0 Å². The summed E-state index contributed by atoms with van der Waals surface area (Å²) in [6.07, 6.45) is -1.45. The van der Waals surface area contributed by atoms with Gasteiger partial charge in [0.05, 0.1) is 17.9 Å². The van der Waals surface area contributed by atoms with Crippen LogP contribution in [-0.2, 0) is 0 Å². The fraction of sp³-hybridized carbons (Fsp3) is 0.243. The maximum atomic E-state index is 11.9. The van der Waals surface area contributed by atoms with Crippen molar-refractivity contribution in [2.45, 2.75) is 24.0 Å². The Morgan fingerprint density at radius 2 is 1.12 bits per heavy atom. The highest BCUT2D eigenvalue weighted by Gasteiger charge is 2.51. The third-order valence-corrected chi connectivity index (χ3v) is 9.31. The molecule has 0 spiro atoms. The zero-order valence-corrected chi connectivity index (χ0v) is 24.8. The summed E-state index contributed by atoms with van der Waals surface area (Å²) in [5.41, 5.74) is 5.25. The van der Waals surface area contributed by atoms with E-state index in [9.17, 15) is 10.2 Å². The molecule has 1 aliphatic carbocycles. The Kier molecular flexibility index (Phi) is 6.26. The lowest BCUT2D eigenvalue weighted by molar-refractivity contribution is -0.0775. The molecular formula is C37H37N3O2. The Hall–Kier alpha value is -4.32. The molecule has 212 valence electrons. The van der Waals surface area contributed by atoms with E-state index in [0.717, 1.165) is 60.5 Å². The minimum atomic E-state index is -0.724. The van der Waals surface area contributed by atoms with E-state index in [1.54, 1.807) is 0 Å². The summed E-state index contributed by atoms with van der Waals surface area (Å²) in [4.78, 5) is 4.29. The normalized spacial score (nSPS) is 20.3. The number of benzene rings is 6. The maximum Gasteiger partial charge on any atom is 0.0727 e. The minimum absolute atomic E-state index is 0.386. The largest absolute Gasteiger partial charge is 0.392 e. The van der Waals surface area contributed by atoms with Crippen LogP contribution in [-0.4, -0.2) is 57.7 Å². The van der Waals surface area contributed by atoms with E-state index in [-0.39, 0.29) is 5.92 Å². The lowest BCUT2D eigenvalue weighted by Gasteiger charge is -2.48. The van der Waals surface area contributed by atoms with E-state index < -0.39 is 18.1 Å². The molecule has 3 N–H and O–H groups in total. The van der Waals surface area contributed by atoms with Crippen molar-refractivity contribution in [1.29, 1.82) is 0 Å². The molecule has 42 heavy (non-hydrogen) atoms. The predicted octanol–water partition coefficient (Wildman–Crippen LogP) is 7.08. The number of nitrogens with zero attached hydrogens (tertiary/aromatic N) is 2. The molecule has 2 unspecified atom stereocenters. The van der Waals surface area contributed by atoms with Crippen LogP contribution in [0.15, 0.2) is 91.0 Å². The standard InChI is InChI=1S/C37H37N3O2/c1-38-30-16-14-26(29-20-23-12-8-9-13-24(23)35(32(29)30)40(4)5)34-36(41)33(37(34)42)25-15-17-31(39(2)3)28-19-22-11-7-6-10-21(22)18-27(25)28/h6-20,33-34,36-38,41-42H,1-5H3. The van der Waals surface area contributed by atoms with Gasteiger partial charge in [0.2, 0.25) is 0 Å². The number of hydrogen-bond donors (Lipinski definition) is 3. The van der Waals surface area contributed by atoms with Crippen LogP contribution in [0.1, 0.15) is 23.0 Å². The Balaban J connectivity index is 1.39. The van der Waals surface area contributed by atoms with Crippen molar-refractivity contribution in [1.82, 2.24) is 0 Å². The lowest BCUT2D eigenvalue weighted by atomic mass is 9.62. The van der Waals surface area contributed by atoms with Crippen molar-refractivity contribution in [3.63, 3.8) is 0 Å². The summed E-state index contributed by atoms with van der Waals surface area (Å²) in [5.74, 6) is -0.786. The first kappa shape index (κ1) is 26.6. The summed E-state index contributed by atoms with van der Waals surface area (Å²) in [5, 5.41) is 36.2. The molecule has 0 aromatic heterocycles. The molecule has 0 amide bonds. The van der Waals surface area contributed by atoms with Crippen molar-refractivity contribution in [2.75, 3.05) is 50.4 Å². The number of fused-ring (bicyclic) bond motifs is 4. The molecule has 5 heteroatoms. The Morgan fingerprint density at radius 1 is 0.571 bits per heavy atom. The molecule has 6 aromatic rings. The number of rotatable bonds is 5. The van der Waals surface area contributed by atoms with Crippen LogP contribution in [0.3, 0.4) is 0 Å². The quantitative estimate of drug-likeness (QED) is 0.199. The van der Waals surface area contributed by atoms with Gasteiger partial charge >= 0.3 is 0 Å². The van der Waals surface area contributed by atoms with E-state index in [2.05, 4.69) is 134 Å². The van der Waals surface area contributed by atoms with E-state index in [4.69, 9.17) is 0 Å². The van der Waals surface area contributed by atoms with Gasteiger partial charge in [0.1, 0.15) is 0 Å². The van der Waals surface area contributed by atoms with Crippen molar-refractivity contribution in [3.8, 4) is 0 Å². The van der Waals surface area contributed by atoms with Gasteiger partial charge in [0.15, 0.2) is 0 Å². The summed E-state index contributed by atoms with van der Waals surface area (Å²) < 4.78 is 0. The lowest BCUT2D eigenvalue weighted by Crippen LogP contribution is -2.51. The SMILES string of the molecule is CNc1ccc(C2C(O)C(c3ccc(N(C)C)c4cc5ccccc5cc34)C2O)c2cc3ccccc3c(N(C)C)c12. The number of aliphatic hydroxyl groups is 2. The molecule has 0 saturated heterocycles. The van der Waals surface area contributed by atoms with Gasteiger partial charge in [-0.15, -0.1) is 0 Å². The van der Waals surface area contributed by atoms with Crippen molar-refractivity contribution in [2.24, 2.45) is 0 Å². The molecule has 0 bridgehead atoms. The van der Waals surface area contributed by atoms with Gasteiger partial charge in [-0.2, -0.15) is 0 Å². The molecule has 1 saturated carbocycles. The molecule has 0 radical (unpaired) electrons. The van der Waals surface area contributed by atoms with Crippen LogP contribution in [0.2, 0.25) is 0 Å². The molecule has 7 rings (SSSR count). The van der Waals surface area contributed by atoms with Gasteiger partial charge in [-0.1, -0.05) is 60.7 Å². The number of aliphatic hydroxyl groups excluding tert-OH is 2. The molecule has 6 aromatic carbocycles. The minimum Gasteiger partial charge on any atom is -0.392 e. The van der Waals surface area contributed by atoms with Crippen molar-refractivity contribution < 1.29 is 10.2 Å². The molecular weight excluding hydrogens is 518 g/mol. The summed E-state index contributed by atoms with van der Waals surface area (Å²) in [6, 6.07) is 31.8. The molecule has 5 nitrogen and oxygen atoms in total. The fourth-order valence-electron chi connectivity index (χ4n) is 7.30. The molecule has 1 aliphatic rings. The second kappa shape index (κ2) is 9.90. The number of anilines is 3. The number of nitrogens with one attached hydrogen (secondary N) is 1. The van der Waals surface area contributed by atoms with E-state index >= 15 is 0 Å². The van der Waals surface area contributed by atoms with Crippen LogP contribution in [0, 0.1) is 0 Å². The van der Waals surface area contributed by atoms with E-state index in [1.165, 1.54) is 10.8 Å². The first-order valence-electron chi connectivity index (χ1n) is 14.6. The summed E-state index contributed by atoms with van der Waals surface area (Å²) in [7, 11) is 10.2. The van der Waals surface area contributed by atoms with Gasteiger partial charge in [-0.05, 0) is 68.4 Å². The Bertz CT molecular complexity index is 1990. The van der Waals surface area contributed by atoms with Crippen LogP contribution in [0.4, 0.5) is 17.1 Å². The highest BCUT2D eigenvalue weighted by atomic mass is 16.3. The first-order chi connectivity index (χ1) is 20.3. The molecule has 2 atom stereocenters. The van der Waals surface area contributed by atoms with Crippen molar-refractivity contribution >= 4 is 60.2 Å². The highest BCUT2D eigenvalue weighted by molar-refractivity contribution is 6.17.